The lowest BCUT2D eigenvalue weighted by Gasteiger charge is -2.28. The second-order valence-electron chi connectivity index (χ2n) is 7.44. The topological polar surface area (TPSA) is 96.1 Å². The summed E-state index contributed by atoms with van der Waals surface area (Å²) in [6.07, 6.45) is 0. The van der Waals surface area contributed by atoms with Gasteiger partial charge in [-0.15, -0.1) is 10.2 Å². The maximum atomic E-state index is 12.7. The van der Waals surface area contributed by atoms with Crippen molar-refractivity contribution in [2.45, 2.75) is 37.7 Å². The molecule has 3 rings (SSSR count). The van der Waals surface area contributed by atoms with Gasteiger partial charge in [-0.1, -0.05) is 37.2 Å². The van der Waals surface area contributed by atoms with Crippen molar-refractivity contribution in [2.75, 3.05) is 36.5 Å². The maximum absolute atomic E-state index is 12.7. The Balaban J connectivity index is 1.72. The Labute approximate surface area is 185 Å². The van der Waals surface area contributed by atoms with Crippen molar-refractivity contribution in [3.63, 3.8) is 0 Å². The summed E-state index contributed by atoms with van der Waals surface area (Å²) in [4.78, 5) is 14.9. The Hall–Kier alpha value is -2.28. The van der Waals surface area contributed by atoms with Crippen molar-refractivity contribution in [3.8, 4) is 6.07 Å². The number of carbonyl (C=O) groups is 1. The molecule has 0 aliphatic carbocycles. The first kappa shape index (κ1) is 22.4. The van der Waals surface area contributed by atoms with Crippen molar-refractivity contribution < 1.29 is 9.53 Å². The van der Waals surface area contributed by atoms with Gasteiger partial charge in [-0.05, 0) is 31.0 Å². The molecular formula is C20H25ClN6O2S. The number of rotatable bonds is 7. The predicted octanol–water partition coefficient (Wildman–Crippen LogP) is 3.42. The minimum atomic E-state index is -0.396. The van der Waals surface area contributed by atoms with Gasteiger partial charge in [0.05, 0.1) is 29.0 Å². The Bertz CT molecular complexity index is 936. The molecule has 10 heteroatoms. The predicted molar refractivity (Wildman–Crippen MR) is 118 cm³/mol. The first-order valence-corrected chi connectivity index (χ1v) is 11.1. The van der Waals surface area contributed by atoms with Gasteiger partial charge in [0.15, 0.2) is 5.16 Å². The van der Waals surface area contributed by atoms with Crippen LogP contribution in [0.4, 0.5) is 11.6 Å². The molecule has 1 amide bonds. The van der Waals surface area contributed by atoms with Crippen LogP contribution in [-0.2, 0) is 16.1 Å². The van der Waals surface area contributed by atoms with Crippen LogP contribution in [0.25, 0.3) is 0 Å². The second-order valence-corrected chi connectivity index (χ2v) is 9.16. The van der Waals surface area contributed by atoms with Crippen LogP contribution in [0.1, 0.15) is 26.3 Å². The fraction of sp³-hybridized carbons (Fsp3) is 0.500. The second kappa shape index (κ2) is 10.2. The van der Waals surface area contributed by atoms with Crippen LogP contribution in [0.3, 0.4) is 0 Å². The first-order valence-electron chi connectivity index (χ1n) is 9.82. The minimum Gasteiger partial charge on any atom is -0.378 e. The highest BCUT2D eigenvalue weighted by molar-refractivity contribution is 8.00. The monoisotopic (exact) mass is 448 g/mol. The fourth-order valence-electron chi connectivity index (χ4n) is 3.03. The lowest BCUT2D eigenvalue weighted by Crippen LogP contribution is -2.38. The van der Waals surface area contributed by atoms with Gasteiger partial charge in [0.25, 0.3) is 0 Å². The molecule has 1 fully saturated rings. The zero-order chi connectivity index (χ0) is 21.7. The smallest absolute Gasteiger partial charge is 0.237 e. The third-order valence-corrected chi connectivity index (χ3v) is 5.94. The number of hydrogen-bond donors (Lipinski definition) is 1. The highest BCUT2D eigenvalue weighted by atomic mass is 35.5. The van der Waals surface area contributed by atoms with Crippen molar-refractivity contribution in [1.29, 1.82) is 5.26 Å². The van der Waals surface area contributed by atoms with E-state index in [1.54, 1.807) is 18.2 Å². The summed E-state index contributed by atoms with van der Waals surface area (Å²) in [5.74, 6) is 1.05. The zero-order valence-electron chi connectivity index (χ0n) is 17.3. The van der Waals surface area contributed by atoms with Crippen molar-refractivity contribution in [2.24, 2.45) is 5.92 Å². The quantitative estimate of drug-likeness (QED) is 0.648. The summed E-state index contributed by atoms with van der Waals surface area (Å²) in [7, 11) is 0. The van der Waals surface area contributed by atoms with Gasteiger partial charge in [0.2, 0.25) is 11.9 Å². The molecule has 2 heterocycles. The van der Waals surface area contributed by atoms with Crippen LogP contribution < -0.4 is 10.2 Å². The average molecular weight is 449 g/mol. The average Bonchev–Trinajstić information content (AvgIpc) is 3.10. The fourth-order valence-corrected chi connectivity index (χ4v) is 4.11. The van der Waals surface area contributed by atoms with Crippen LogP contribution in [0.2, 0.25) is 5.02 Å². The maximum Gasteiger partial charge on any atom is 0.237 e. The third-order valence-electron chi connectivity index (χ3n) is 4.55. The summed E-state index contributed by atoms with van der Waals surface area (Å²) in [5.41, 5.74) is 0.920. The highest BCUT2D eigenvalue weighted by Gasteiger charge is 2.24. The number of aromatic nitrogens is 3. The minimum absolute atomic E-state index is 0.173. The van der Waals surface area contributed by atoms with Crippen molar-refractivity contribution in [3.05, 3.63) is 28.8 Å². The van der Waals surface area contributed by atoms with Crippen LogP contribution in [-0.4, -0.2) is 52.2 Å². The zero-order valence-corrected chi connectivity index (χ0v) is 18.8. The number of thioether (sulfide) groups is 1. The molecule has 0 radical (unpaired) electrons. The molecule has 0 spiro atoms. The van der Waals surface area contributed by atoms with E-state index in [0.29, 0.717) is 40.6 Å². The van der Waals surface area contributed by atoms with E-state index in [1.165, 1.54) is 11.8 Å². The molecule has 8 nitrogen and oxygen atoms in total. The number of hydrogen-bond acceptors (Lipinski definition) is 7. The summed E-state index contributed by atoms with van der Waals surface area (Å²) >= 11 is 7.42. The number of nitriles is 1. The van der Waals surface area contributed by atoms with Gasteiger partial charge in [-0.2, -0.15) is 5.26 Å². The summed E-state index contributed by atoms with van der Waals surface area (Å²) < 4.78 is 7.53. The van der Waals surface area contributed by atoms with Gasteiger partial charge in [-0.25, -0.2) is 0 Å². The van der Waals surface area contributed by atoms with Gasteiger partial charge >= 0.3 is 0 Å². The number of nitrogens with one attached hydrogen (secondary N) is 1. The SMILES string of the molecule is CC(C)Cn1c(S[C@H](C)C(=O)Nc2ccc(C#N)c(Cl)c2)nnc1N1CCOCC1. The van der Waals surface area contributed by atoms with E-state index >= 15 is 0 Å². The van der Waals surface area contributed by atoms with E-state index in [2.05, 4.69) is 38.8 Å². The number of amides is 1. The number of carbonyl (C=O) groups excluding carboxylic acids is 1. The molecule has 1 aliphatic rings. The van der Waals surface area contributed by atoms with Crippen LogP contribution in [0.15, 0.2) is 23.4 Å². The molecular weight excluding hydrogens is 424 g/mol. The van der Waals surface area contributed by atoms with Crippen molar-refractivity contribution in [1.82, 2.24) is 14.8 Å². The van der Waals surface area contributed by atoms with Crippen molar-refractivity contribution >= 4 is 40.9 Å². The molecule has 0 bridgehead atoms. The summed E-state index contributed by atoms with van der Waals surface area (Å²) in [5, 5.41) is 21.2. The lowest BCUT2D eigenvalue weighted by atomic mass is 10.2. The van der Waals surface area contributed by atoms with Crippen LogP contribution in [0, 0.1) is 17.2 Å². The normalized spacial score (nSPS) is 15.1. The Kier molecular flexibility index (Phi) is 7.58. The molecule has 2 aromatic rings. The van der Waals surface area contributed by atoms with E-state index in [0.717, 1.165) is 25.6 Å². The van der Waals surface area contributed by atoms with E-state index in [1.807, 2.05) is 13.0 Å². The van der Waals surface area contributed by atoms with Gasteiger partial charge in [0.1, 0.15) is 6.07 Å². The van der Waals surface area contributed by atoms with Gasteiger partial charge in [-0.3, -0.25) is 9.36 Å². The Morgan fingerprint density at radius 1 is 1.33 bits per heavy atom. The largest absolute Gasteiger partial charge is 0.378 e. The molecule has 1 aliphatic heterocycles. The summed E-state index contributed by atoms with van der Waals surface area (Å²) in [6.45, 7) is 9.76. The lowest BCUT2D eigenvalue weighted by molar-refractivity contribution is -0.115. The number of halogens is 1. The van der Waals surface area contributed by atoms with E-state index in [9.17, 15) is 4.79 Å². The molecule has 1 aromatic carbocycles. The molecule has 1 saturated heterocycles. The standard InChI is InChI=1S/C20H25ClN6O2S/c1-13(2)12-27-19(26-6-8-29-9-7-26)24-25-20(27)30-14(3)18(28)23-16-5-4-15(11-22)17(21)10-16/h4-5,10,13-14H,6-9,12H2,1-3H3,(H,23,28)/t14-/m1/s1. The Morgan fingerprint density at radius 3 is 2.70 bits per heavy atom. The number of morpholine rings is 1. The molecule has 0 saturated carbocycles. The third kappa shape index (κ3) is 5.45. The number of nitrogens with zero attached hydrogens (tertiary/aromatic N) is 5. The first-order chi connectivity index (χ1) is 14.4. The van der Waals surface area contributed by atoms with E-state index in [4.69, 9.17) is 21.6 Å². The molecule has 30 heavy (non-hydrogen) atoms. The number of anilines is 2. The molecule has 1 atom stereocenters. The molecule has 160 valence electrons. The number of ether oxygens (including phenoxy) is 1. The molecule has 1 N–H and O–H groups in total. The van der Waals surface area contributed by atoms with E-state index < -0.39 is 5.25 Å². The Morgan fingerprint density at radius 2 is 2.07 bits per heavy atom. The molecule has 1 aromatic heterocycles. The van der Waals surface area contributed by atoms with Gasteiger partial charge in [0, 0.05) is 25.3 Å². The van der Waals surface area contributed by atoms with E-state index in [-0.39, 0.29) is 5.91 Å². The number of benzene rings is 1. The van der Waals surface area contributed by atoms with Crippen LogP contribution in [0.5, 0.6) is 0 Å². The summed E-state index contributed by atoms with van der Waals surface area (Å²) in [6, 6.07) is 6.83. The highest BCUT2D eigenvalue weighted by Crippen LogP contribution is 2.28. The molecule has 0 unspecified atom stereocenters. The van der Waals surface area contributed by atoms with Crippen LogP contribution >= 0.6 is 23.4 Å². The van der Waals surface area contributed by atoms with Gasteiger partial charge < -0.3 is 15.0 Å².